The summed E-state index contributed by atoms with van der Waals surface area (Å²) < 4.78 is 0. The van der Waals surface area contributed by atoms with E-state index in [-0.39, 0.29) is 5.91 Å². The highest BCUT2D eigenvalue weighted by molar-refractivity contribution is 7.08. The summed E-state index contributed by atoms with van der Waals surface area (Å²) in [5.74, 6) is 0.395. The minimum atomic E-state index is -0.108. The molecule has 2 aromatic rings. The Morgan fingerprint density at radius 3 is 2.53 bits per heavy atom. The molecule has 0 unspecified atom stereocenters. The molecule has 1 aromatic heterocycles. The maximum atomic E-state index is 11.7. The van der Waals surface area contributed by atoms with Crippen molar-refractivity contribution in [3.8, 4) is 0 Å². The van der Waals surface area contributed by atoms with Crippen LogP contribution in [0.1, 0.15) is 30.9 Å². The lowest BCUT2D eigenvalue weighted by Crippen LogP contribution is -2.07. The number of thiophene rings is 1. The first kappa shape index (κ1) is 13.6. The third-order valence-electron chi connectivity index (χ3n) is 2.82. The first-order chi connectivity index (χ1) is 9.15. The zero-order chi connectivity index (χ0) is 13.7. The lowest BCUT2D eigenvalue weighted by Gasteiger charge is -2.07. The van der Waals surface area contributed by atoms with Gasteiger partial charge in [-0.25, -0.2) is 0 Å². The van der Waals surface area contributed by atoms with E-state index in [1.165, 1.54) is 5.56 Å². The van der Waals surface area contributed by atoms with E-state index in [1.807, 2.05) is 47.2 Å². The van der Waals surface area contributed by atoms with Gasteiger partial charge in [-0.3, -0.25) is 4.79 Å². The molecule has 0 spiro atoms. The Morgan fingerprint density at radius 1 is 1.21 bits per heavy atom. The molecule has 2 nitrogen and oxygen atoms in total. The fraction of sp³-hybridized carbons (Fsp3) is 0.188. The Kier molecular flexibility index (Phi) is 4.53. The number of carbonyl (C=O) groups excluding carboxylic acids is 1. The first-order valence-corrected chi connectivity index (χ1v) is 7.20. The van der Waals surface area contributed by atoms with E-state index in [4.69, 9.17) is 0 Å². The molecule has 1 N–H and O–H groups in total. The minimum absolute atomic E-state index is 0.108. The maximum absolute atomic E-state index is 11.7. The number of nitrogens with one attached hydrogen (secondary N) is 1. The van der Waals surface area contributed by atoms with Gasteiger partial charge >= 0.3 is 0 Å². The van der Waals surface area contributed by atoms with Gasteiger partial charge in [-0.2, -0.15) is 11.3 Å². The van der Waals surface area contributed by atoms with Crippen molar-refractivity contribution in [2.75, 3.05) is 5.32 Å². The summed E-state index contributed by atoms with van der Waals surface area (Å²) in [6, 6.07) is 9.94. The highest BCUT2D eigenvalue weighted by atomic mass is 32.1. The Bertz CT molecular complexity index is 553. The van der Waals surface area contributed by atoms with Crippen LogP contribution in [0.3, 0.4) is 0 Å². The molecular formula is C16H17NOS. The zero-order valence-electron chi connectivity index (χ0n) is 11.1. The second-order valence-electron chi connectivity index (χ2n) is 4.66. The zero-order valence-corrected chi connectivity index (χ0v) is 11.9. The summed E-state index contributed by atoms with van der Waals surface area (Å²) >= 11 is 1.62. The SMILES string of the molecule is CC(C)c1ccc(NC(=O)/C=C/c2ccsc2)cc1. The van der Waals surface area contributed by atoms with Crippen molar-refractivity contribution in [2.45, 2.75) is 19.8 Å². The van der Waals surface area contributed by atoms with E-state index in [2.05, 4.69) is 19.2 Å². The number of hydrogen-bond donors (Lipinski definition) is 1. The monoisotopic (exact) mass is 271 g/mol. The molecule has 0 aliphatic carbocycles. The van der Waals surface area contributed by atoms with E-state index in [0.29, 0.717) is 5.92 Å². The van der Waals surface area contributed by atoms with E-state index in [1.54, 1.807) is 17.4 Å². The van der Waals surface area contributed by atoms with Crippen molar-refractivity contribution in [2.24, 2.45) is 0 Å². The molecule has 2 rings (SSSR count). The number of hydrogen-bond acceptors (Lipinski definition) is 2. The smallest absolute Gasteiger partial charge is 0.248 e. The Hall–Kier alpha value is -1.87. The maximum Gasteiger partial charge on any atom is 0.248 e. The molecular weight excluding hydrogens is 254 g/mol. The van der Waals surface area contributed by atoms with Crippen LogP contribution in [-0.4, -0.2) is 5.91 Å². The summed E-state index contributed by atoms with van der Waals surface area (Å²) in [5.41, 5.74) is 3.14. The van der Waals surface area contributed by atoms with Crippen molar-refractivity contribution in [1.29, 1.82) is 0 Å². The molecule has 0 fully saturated rings. The van der Waals surface area contributed by atoms with Crippen LogP contribution < -0.4 is 5.32 Å². The van der Waals surface area contributed by atoms with Gasteiger partial charge in [0.05, 0.1) is 0 Å². The molecule has 0 saturated heterocycles. The predicted molar refractivity (Wildman–Crippen MR) is 82.5 cm³/mol. The topological polar surface area (TPSA) is 29.1 Å². The van der Waals surface area contributed by atoms with Crippen molar-refractivity contribution < 1.29 is 4.79 Å². The highest BCUT2D eigenvalue weighted by Gasteiger charge is 2.00. The van der Waals surface area contributed by atoms with Crippen LogP contribution in [0.15, 0.2) is 47.2 Å². The molecule has 0 aliphatic rings. The van der Waals surface area contributed by atoms with Crippen molar-refractivity contribution >= 4 is 29.0 Å². The second-order valence-corrected chi connectivity index (χ2v) is 5.44. The van der Waals surface area contributed by atoms with E-state index >= 15 is 0 Å². The summed E-state index contributed by atoms with van der Waals surface area (Å²) in [6.07, 6.45) is 3.37. The number of benzene rings is 1. The van der Waals surface area contributed by atoms with Gasteiger partial charge in [0.15, 0.2) is 0 Å². The van der Waals surface area contributed by atoms with Gasteiger partial charge in [0.1, 0.15) is 0 Å². The number of carbonyl (C=O) groups is 1. The molecule has 0 radical (unpaired) electrons. The summed E-state index contributed by atoms with van der Waals surface area (Å²) in [4.78, 5) is 11.7. The van der Waals surface area contributed by atoms with Crippen molar-refractivity contribution in [3.63, 3.8) is 0 Å². The van der Waals surface area contributed by atoms with Crippen LogP contribution in [-0.2, 0) is 4.79 Å². The number of anilines is 1. The normalized spacial score (nSPS) is 11.1. The summed E-state index contributed by atoms with van der Waals surface area (Å²) in [7, 11) is 0. The lowest BCUT2D eigenvalue weighted by atomic mass is 10.0. The fourth-order valence-electron chi connectivity index (χ4n) is 1.68. The highest BCUT2D eigenvalue weighted by Crippen LogP contribution is 2.17. The van der Waals surface area contributed by atoms with Gasteiger partial charge in [-0.1, -0.05) is 26.0 Å². The average molecular weight is 271 g/mol. The Morgan fingerprint density at radius 2 is 1.95 bits per heavy atom. The molecule has 19 heavy (non-hydrogen) atoms. The van der Waals surface area contributed by atoms with Crippen LogP contribution in [0.4, 0.5) is 5.69 Å². The molecule has 0 saturated carbocycles. The first-order valence-electron chi connectivity index (χ1n) is 6.26. The molecule has 0 aliphatic heterocycles. The third-order valence-corrected chi connectivity index (χ3v) is 3.52. The van der Waals surface area contributed by atoms with Crippen molar-refractivity contribution in [3.05, 3.63) is 58.3 Å². The molecule has 1 aromatic carbocycles. The van der Waals surface area contributed by atoms with Crippen LogP contribution in [0.2, 0.25) is 0 Å². The summed E-state index contributed by atoms with van der Waals surface area (Å²) in [6.45, 7) is 4.30. The van der Waals surface area contributed by atoms with Crippen LogP contribution in [0.25, 0.3) is 6.08 Å². The van der Waals surface area contributed by atoms with Crippen molar-refractivity contribution in [1.82, 2.24) is 0 Å². The Labute approximate surface area is 117 Å². The van der Waals surface area contributed by atoms with Gasteiger partial charge < -0.3 is 5.32 Å². The molecule has 0 bridgehead atoms. The average Bonchev–Trinajstić information content (AvgIpc) is 2.90. The lowest BCUT2D eigenvalue weighted by molar-refractivity contribution is -0.111. The molecule has 3 heteroatoms. The predicted octanol–water partition coefficient (Wildman–Crippen LogP) is 4.52. The Balaban J connectivity index is 1.95. The van der Waals surface area contributed by atoms with Crippen LogP contribution in [0, 0.1) is 0 Å². The molecule has 1 heterocycles. The van der Waals surface area contributed by atoms with Crippen LogP contribution in [0.5, 0.6) is 0 Å². The molecule has 0 atom stereocenters. The molecule has 98 valence electrons. The van der Waals surface area contributed by atoms with Crippen LogP contribution >= 0.6 is 11.3 Å². The van der Waals surface area contributed by atoms with Gasteiger partial charge in [0.25, 0.3) is 0 Å². The van der Waals surface area contributed by atoms with E-state index in [0.717, 1.165) is 11.3 Å². The van der Waals surface area contributed by atoms with Gasteiger partial charge in [0, 0.05) is 11.8 Å². The standard InChI is InChI=1S/C16H17NOS/c1-12(2)14-4-6-15(7-5-14)17-16(18)8-3-13-9-10-19-11-13/h3-12H,1-2H3,(H,17,18)/b8-3+. The largest absolute Gasteiger partial charge is 0.323 e. The second kappa shape index (κ2) is 6.34. The van der Waals surface area contributed by atoms with E-state index < -0.39 is 0 Å². The minimum Gasteiger partial charge on any atom is -0.323 e. The third kappa shape index (κ3) is 4.07. The van der Waals surface area contributed by atoms with E-state index in [9.17, 15) is 4.79 Å². The quantitative estimate of drug-likeness (QED) is 0.814. The fourth-order valence-corrected chi connectivity index (χ4v) is 2.31. The van der Waals surface area contributed by atoms with Gasteiger partial charge in [-0.15, -0.1) is 0 Å². The molecule has 1 amide bonds. The number of rotatable bonds is 4. The summed E-state index contributed by atoms with van der Waals surface area (Å²) in [5, 5.41) is 6.84. The number of amides is 1. The van der Waals surface area contributed by atoms with Gasteiger partial charge in [0.2, 0.25) is 5.91 Å². The van der Waals surface area contributed by atoms with Gasteiger partial charge in [-0.05, 0) is 52.1 Å².